The summed E-state index contributed by atoms with van der Waals surface area (Å²) in [6.45, 7) is 1.01. The molecule has 5 nitrogen and oxygen atoms in total. The predicted octanol–water partition coefficient (Wildman–Crippen LogP) is 3.96. The van der Waals surface area contributed by atoms with Crippen LogP contribution >= 0.6 is 23.1 Å². The molecule has 0 aliphatic carbocycles. The molecule has 0 atom stereocenters. The zero-order valence-corrected chi connectivity index (χ0v) is 17.9. The number of thioether (sulfide) groups is 1. The van der Waals surface area contributed by atoms with Crippen molar-refractivity contribution in [1.82, 2.24) is 14.9 Å². The first-order valence-electron chi connectivity index (χ1n) is 9.66. The van der Waals surface area contributed by atoms with Gasteiger partial charge in [-0.3, -0.25) is 14.2 Å². The van der Waals surface area contributed by atoms with Crippen LogP contribution in [0.2, 0.25) is 0 Å². The predicted molar refractivity (Wildman–Crippen MR) is 123 cm³/mol. The Bertz CT molecular complexity index is 1190. The molecule has 1 amide bonds. The van der Waals surface area contributed by atoms with Gasteiger partial charge in [0, 0.05) is 6.54 Å². The number of hydrogen-bond donors (Lipinski definition) is 1. The third-order valence-corrected chi connectivity index (χ3v) is 6.49. The van der Waals surface area contributed by atoms with Crippen LogP contribution in [0.4, 0.5) is 0 Å². The minimum Gasteiger partial charge on any atom is -0.355 e. The maximum Gasteiger partial charge on any atom is 0.272 e. The molecule has 0 spiro atoms. The van der Waals surface area contributed by atoms with Gasteiger partial charge in [0.1, 0.15) is 4.70 Å². The van der Waals surface area contributed by atoms with E-state index in [9.17, 15) is 9.59 Å². The Morgan fingerprint density at radius 1 is 1.00 bits per heavy atom. The van der Waals surface area contributed by atoms with Crippen LogP contribution in [0.5, 0.6) is 0 Å². The quantitative estimate of drug-likeness (QED) is 0.336. The van der Waals surface area contributed by atoms with E-state index in [1.165, 1.54) is 28.7 Å². The summed E-state index contributed by atoms with van der Waals surface area (Å²) in [6.07, 6.45) is 0.787. The van der Waals surface area contributed by atoms with E-state index in [0.29, 0.717) is 28.5 Å². The standard InChI is InChI=1S/C23H21N3O2S2/c27-20(24-13-11-17-7-3-1-4-8-17)16-30-23-25-19-12-14-29-21(19)22(28)26(23)15-18-9-5-2-6-10-18/h1-10,12,14H,11,13,15-16H2,(H,24,27). The molecule has 152 valence electrons. The summed E-state index contributed by atoms with van der Waals surface area (Å²) in [7, 11) is 0. The second kappa shape index (κ2) is 9.73. The van der Waals surface area contributed by atoms with Crippen molar-refractivity contribution in [3.8, 4) is 0 Å². The van der Waals surface area contributed by atoms with E-state index in [-0.39, 0.29) is 17.2 Å². The highest BCUT2D eigenvalue weighted by molar-refractivity contribution is 7.99. The lowest BCUT2D eigenvalue weighted by Crippen LogP contribution is -2.28. The Morgan fingerprint density at radius 2 is 1.70 bits per heavy atom. The topological polar surface area (TPSA) is 64.0 Å². The molecular weight excluding hydrogens is 414 g/mol. The number of rotatable bonds is 8. The largest absolute Gasteiger partial charge is 0.355 e. The molecule has 0 saturated carbocycles. The van der Waals surface area contributed by atoms with E-state index in [2.05, 4.69) is 10.3 Å². The fraction of sp³-hybridized carbons (Fsp3) is 0.174. The smallest absolute Gasteiger partial charge is 0.272 e. The van der Waals surface area contributed by atoms with E-state index in [1.807, 2.05) is 72.1 Å². The van der Waals surface area contributed by atoms with Crippen LogP contribution < -0.4 is 10.9 Å². The lowest BCUT2D eigenvalue weighted by atomic mass is 10.1. The molecule has 7 heteroatoms. The lowest BCUT2D eigenvalue weighted by Gasteiger charge is -2.12. The van der Waals surface area contributed by atoms with Crippen LogP contribution in [0, 0.1) is 0 Å². The van der Waals surface area contributed by atoms with Crippen molar-refractivity contribution in [1.29, 1.82) is 0 Å². The molecule has 0 radical (unpaired) electrons. The molecule has 0 fully saturated rings. The number of aromatic nitrogens is 2. The summed E-state index contributed by atoms with van der Waals surface area (Å²) in [5.74, 6) is 0.146. The van der Waals surface area contributed by atoms with E-state index in [4.69, 9.17) is 0 Å². The van der Waals surface area contributed by atoms with Gasteiger partial charge in [0.15, 0.2) is 5.16 Å². The van der Waals surface area contributed by atoms with Gasteiger partial charge in [0.25, 0.3) is 5.56 Å². The number of carbonyl (C=O) groups excluding carboxylic acids is 1. The molecule has 0 saturated heterocycles. The van der Waals surface area contributed by atoms with Gasteiger partial charge in [0.05, 0.1) is 17.8 Å². The van der Waals surface area contributed by atoms with Crippen LogP contribution in [-0.2, 0) is 17.8 Å². The Hall–Kier alpha value is -2.90. The molecular formula is C23H21N3O2S2. The van der Waals surface area contributed by atoms with Crippen LogP contribution in [0.15, 0.2) is 82.1 Å². The monoisotopic (exact) mass is 435 g/mol. The Morgan fingerprint density at radius 3 is 2.43 bits per heavy atom. The first-order chi connectivity index (χ1) is 14.7. The number of thiophene rings is 1. The van der Waals surface area contributed by atoms with Crippen LogP contribution in [-0.4, -0.2) is 27.8 Å². The molecule has 0 bridgehead atoms. The van der Waals surface area contributed by atoms with Gasteiger partial charge in [0.2, 0.25) is 5.91 Å². The lowest BCUT2D eigenvalue weighted by molar-refractivity contribution is -0.118. The molecule has 0 unspecified atom stereocenters. The summed E-state index contributed by atoms with van der Waals surface area (Å²) >= 11 is 2.69. The second-order valence-electron chi connectivity index (χ2n) is 6.78. The first kappa shape index (κ1) is 20.4. The Labute approximate surface area is 182 Å². The molecule has 0 aliphatic rings. The van der Waals surface area contributed by atoms with Crippen LogP contribution in [0.25, 0.3) is 10.2 Å². The zero-order chi connectivity index (χ0) is 20.8. The Kier molecular flexibility index (Phi) is 6.61. The van der Waals surface area contributed by atoms with Gasteiger partial charge >= 0.3 is 0 Å². The van der Waals surface area contributed by atoms with E-state index in [1.54, 1.807) is 4.57 Å². The number of fused-ring (bicyclic) bond motifs is 1. The highest BCUT2D eigenvalue weighted by Gasteiger charge is 2.14. The van der Waals surface area contributed by atoms with Crippen molar-refractivity contribution in [2.24, 2.45) is 0 Å². The fourth-order valence-corrected chi connectivity index (χ4v) is 4.72. The van der Waals surface area contributed by atoms with Gasteiger partial charge < -0.3 is 5.32 Å². The van der Waals surface area contributed by atoms with Crippen molar-refractivity contribution in [3.05, 3.63) is 93.6 Å². The summed E-state index contributed by atoms with van der Waals surface area (Å²) < 4.78 is 2.30. The number of carbonyl (C=O) groups is 1. The Balaban J connectivity index is 1.45. The third kappa shape index (κ3) is 4.98. The summed E-state index contributed by atoms with van der Waals surface area (Å²) in [5, 5.41) is 5.38. The molecule has 30 heavy (non-hydrogen) atoms. The zero-order valence-electron chi connectivity index (χ0n) is 16.3. The highest BCUT2D eigenvalue weighted by Crippen LogP contribution is 2.21. The average Bonchev–Trinajstić information content (AvgIpc) is 3.25. The summed E-state index contributed by atoms with van der Waals surface area (Å²) in [5.41, 5.74) is 2.82. The third-order valence-electron chi connectivity index (χ3n) is 4.63. The van der Waals surface area contributed by atoms with Gasteiger partial charge in [-0.25, -0.2) is 4.98 Å². The SMILES string of the molecule is O=C(CSc1nc2ccsc2c(=O)n1Cc1ccccc1)NCCc1ccccc1. The second-order valence-corrected chi connectivity index (χ2v) is 8.64. The van der Waals surface area contributed by atoms with Crippen LogP contribution in [0.1, 0.15) is 11.1 Å². The van der Waals surface area contributed by atoms with Gasteiger partial charge in [-0.2, -0.15) is 0 Å². The van der Waals surface area contributed by atoms with E-state index in [0.717, 1.165) is 12.0 Å². The number of amides is 1. The van der Waals surface area contributed by atoms with Gasteiger partial charge in [-0.05, 0) is 29.0 Å². The van der Waals surface area contributed by atoms with Crippen LogP contribution in [0.3, 0.4) is 0 Å². The summed E-state index contributed by atoms with van der Waals surface area (Å²) in [6, 6.07) is 21.7. The number of hydrogen-bond acceptors (Lipinski definition) is 5. The summed E-state index contributed by atoms with van der Waals surface area (Å²) in [4.78, 5) is 30.0. The van der Waals surface area contributed by atoms with Gasteiger partial charge in [-0.15, -0.1) is 11.3 Å². The molecule has 2 aromatic heterocycles. The maximum atomic E-state index is 13.0. The van der Waals surface area contributed by atoms with Crippen molar-refractivity contribution in [2.45, 2.75) is 18.1 Å². The van der Waals surface area contributed by atoms with Crippen molar-refractivity contribution in [2.75, 3.05) is 12.3 Å². The normalized spacial score (nSPS) is 10.9. The maximum absolute atomic E-state index is 13.0. The minimum absolute atomic E-state index is 0.0640. The fourth-order valence-electron chi connectivity index (χ4n) is 3.11. The van der Waals surface area contributed by atoms with Crippen molar-refractivity contribution in [3.63, 3.8) is 0 Å². The van der Waals surface area contributed by atoms with Crippen molar-refractivity contribution < 1.29 is 4.79 Å². The molecule has 0 aliphatic heterocycles. The first-order valence-corrected chi connectivity index (χ1v) is 11.5. The number of nitrogens with zero attached hydrogens (tertiary/aromatic N) is 2. The molecule has 4 rings (SSSR count). The molecule has 1 N–H and O–H groups in total. The van der Waals surface area contributed by atoms with E-state index >= 15 is 0 Å². The number of nitrogens with one attached hydrogen (secondary N) is 1. The molecule has 4 aromatic rings. The minimum atomic E-state index is -0.0677. The van der Waals surface area contributed by atoms with E-state index < -0.39 is 0 Å². The number of benzene rings is 2. The average molecular weight is 436 g/mol. The molecule has 2 aromatic carbocycles. The van der Waals surface area contributed by atoms with Crippen molar-refractivity contribution >= 4 is 39.2 Å². The molecule has 2 heterocycles. The van der Waals surface area contributed by atoms with Gasteiger partial charge in [-0.1, -0.05) is 72.4 Å². The highest BCUT2D eigenvalue weighted by atomic mass is 32.2.